The van der Waals surface area contributed by atoms with Crippen molar-refractivity contribution in [2.24, 2.45) is 0 Å². The highest BCUT2D eigenvalue weighted by Gasteiger charge is 2.34. The summed E-state index contributed by atoms with van der Waals surface area (Å²) in [7, 11) is 0. The maximum atomic E-state index is 14.8. The van der Waals surface area contributed by atoms with Crippen LogP contribution in [-0.2, 0) is 17.8 Å². The van der Waals surface area contributed by atoms with E-state index in [0.717, 1.165) is 30.4 Å². The van der Waals surface area contributed by atoms with Gasteiger partial charge in [-0.05, 0) is 6.92 Å². The zero-order chi connectivity index (χ0) is 23.8. The van der Waals surface area contributed by atoms with E-state index in [-0.39, 0.29) is 17.5 Å². The molecule has 182 valence electrons. The van der Waals surface area contributed by atoms with Crippen LogP contribution in [-0.4, -0.2) is 65.2 Å². The van der Waals surface area contributed by atoms with Gasteiger partial charge in [0.05, 0.1) is 43.6 Å². The number of urea groups is 1. The number of alkyl halides is 2. The summed E-state index contributed by atoms with van der Waals surface area (Å²) >= 11 is 0. The van der Waals surface area contributed by atoms with Crippen LogP contribution < -0.4 is 10.6 Å². The summed E-state index contributed by atoms with van der Waals surface area (Å²) in [6.45, 7) is 6.01. The Balaban J connectivity index is 1.42. The largest absolute Gasteiger partial charge is 0.378 e. The molecule has 5 rings (SSSR count). The normalized spacial score (nSPS) is 19.2. The summed E-state index contributed by atoms with van der Waals surface area (Å²) in [6, 6.07) is 3.31. The number of morpholine rings is 1. The van der Waals surface area contributed by atoms with Gasteiger partial charge in [0.2, 0.25) is 0 Å². The molecule has 4 heterocycles. The number of carbonyl (C=O) groups excluding carboxylic acids is 1. The predicted molar refractivity (Wildman–Crippen MR) is 118 cm³/mol. The number of nitrogens with one attached hydrogen (secondary N) is 2. The van der Waals surface area contributed by atoms with Gasteiger partial charge in [0.25, 0.3) is 6.43 Å². The van der Waals surface area contributed by atoms with Gasteiger partial charge < -0.3 is 25.2 Å². The molecule has 1 aromatic heterocycles. The first kappa shape index (κ1) is 22.9. The van der Waals surface area contributed by atoms with Crippen LogP contribution in [0, 0.1) is 5.82 Å². The van der Waals surface area contributed by atoms with Crippen LogP contribution in [0.4, 0.5) is 23.8 Å². The molecule has 2 saturated heterocycles. The van der Waals surface area contributed by atoms with Crippen molar-refractivity contribution >= 4 is 11.8 Å². The molecule has 11 heteroatoms. The molecule has 0 saturated carbocycles. The molecule has 0 unspecified atom stereocenters. The van der Waals surface area contributed by atoms with Crippen LogP contribution in [0.25, 0.3) is 0 Å². The summed E-state index contributed by atoms with van der Waals surface area (Å²) in [5.41, 5.74) is 1.05. The number of carbonyl (C=O) groups is 1. The Bertz CT molecular complexity index is 1070. The highest BCUT2D eigenvalue weighted by molar-refractivity contribution is 5.76. The number of amides is 2. The summed E-state index contributed by atoms with van der Waals surface area (Å²) in [4.78, 5) is 26.0. The second kappa shape index (κ2) is 9.38. The van der Waals surface area contributed by atoms with Crippen molar-refractivity contribution < 1.29 is 22.7 Å². The first-order valence-corrected chi connectivity index (χ1v) is 11.5. The van der Waals surface area contributed by atoms with Gasteiger partial charge in [-0.15, -0.1) is 0 Å². The van der Waals surface area contributed by atoms with E-state index in [1.165, 1.54) is 12.1 Å². The van der Waals surface area contributed by atoms with Crippen molar-refractivity contribution in [2.75, 3.05) is 44.7 Å². The molecule has 0 aliphatic carbocycles. The van der Waals surface area contributed by atoms with Gasteiger partial charge in [0, 0.05) is 43.2 Å². The monoisotopic (exact) mass is 476 g/mol. The lowest BCUT2D eigenvalue weighted by Gasteiger charge is -2.30. The molecule has 3 aliphatic heterocycles. The third-order valence-electron chi connectivity index (χ3n) is 6.61. The topological polar surface area (TPSA) is 82.6 Å². The molecule has 8 nitrogen and oxygen atoms in total. The molecule has 1 atom stereocenters. The smallest absolute Gasteiger partial charge is 0.320 e. The van der Waals surface area contributed by atoms with Crippen molar-refractivity contribution in [2.45, 2.75) is 38.4 Å². The molecule has 34 heavy (non-hydrogen) atoms. The number of fused-ring (bicyclic) bond motifs is 1. The Labute approximate surface area is 195 Å². The molecule has 2 amide bonds. The second-order valence-corrected chi connectivity index (χ2v) is 8.87. The van der Waals surface area contributed by atoms with E-state index in [4.69, 9.17) is 14.7 Å². The number of benzene rings is 1. The Morgan fingerprint density at radius 2 is 1.88 bits per heavy atom. The van der Waals surface area contributed by atoms with Crippen LogP contribution in [0.15, 0.2) is 18.2 Å². The standard InChI is InChI=1S/C23H27F3N6O2/c1-13(15-3-2-4-16(19(15)24)20(25)26)28-22-17-11-32(23(33)31-5-7-34-8-6-31)12-18(17)29-21(30-22)14-9-27-10-14/h2-4,13-14,20,27H,5-12H2,1H3,(H,28,29,30)/t13-/m1/s1. The van der Waals surface area contributed by atoms with E-state index in [0.29, 0.717) is 51.0 Å². The van der Waals surface area contributed by atoms with Crippen LogP contribution in [0.5, 0.6) is 0 Å². The highest BCUT2D eigenvalue weighted by atomic mass is 19.3. The zero-order valence-electron chi connectivity index (χ0n) is 18.9. The second-order valence-electron chi connectivity index (χ2n) is 8.87. The van der Waals surface area contributed by atoms with E-state index in [1.807, 2.05) is 0 Å². The zero-order valence-corrected chi connectivity index (χ0v) is 18.9. The molecule has 3 aliphatic rings. The minimum atomic E-state index is -2.90. The maximum Gasteiger partial charge on any atom is 0.320 e. The fourth-order valence-corrected chi connectivity index (χ4v) is 4.49. The maximum absolute atomic E-state index is 14.8. The number of anilines is 1. The summed E-state index contributed by atoms with van der Waals surface area (Å²) in [5.74, 6) is 0.410. The minimum Gasteiger partial charge on any atom is -0.378 e. The number of aromatic nitrogens is 2. The van der Waals surface area contributed by atoms with Gasteiger partial charge in [-0.25, -0.2) is 27.9 Å². The Morgan fingerprint density at radius 1 is 1.15 bits per heavy atom. The molecule has 2 aromatic rings. The lowest BCUT2D eigenvalue weighted by molar-refractivity contribution is 0.0429. The van der Waals surface area contributed by atoms with E-state index in [1.54, 1.807) is 16.7 Å². The average Bonchev–Trinajstić information content (AvgIpc) is 3.22. The molecular weight excluding hydrogens is 449 g/mol. The molecule has 2 fully saturated rings. The molecule has 0 spiro atoms. The van der Waals surface area contributed by atoms with Crippen molar-refractivity contribution in [3.05, 3.63) is 52.2 Å². The minimum absolute atomic E-state index is 0.0807. The molecule has 0 bridgehead atoms. The third-order valence-corrected chi connectivity index (χ3v) is 6.61. The number of ether oxygens (including phenoxy) is 1. The lowest BCUT2D eigenvalue weighted by Crippen LogP contribution is -2.46. The third kappa shape index (κ3) is 4.29. The first-order chi connectivity index (χ1) is 16.4. The van der Waals surface area contributed by atoms with Crippen molar-refractivity contribution in [1.29, 1.82) is 0 Å². The Morgan fingerprint density at radius 3 is 2.56 bits per heavy atom. The number of hydrogen-bond donors (Lipinski definition) is 2. The molecule has 1 aromatic carbocycles. The summed E-state index contributed by atoms with van der Waals surface area (Å²) in [5, 5.41) is 6.42. The number of nitrogens with zero attached hydrogens (tertiary/aromatic N) is 4. The van der Waals surface area contributed by atoms with E-state index < -0.39 is 23.8 Å². The van der Waals surface area contributed by atoms with Crippen LogP contribution in [0.1, 0.15) is 53.5 Å². The number of rotatable bonds is 5. The summed E-state index contributed by atoms with van der Waals surface area (Å²) in [6.07, 6.45) is -2.90. The van der Waals surface area contributed by atoms with E-state index in [9.17, 15) is 18.0 Å². The van der Waals surface area contributed by atoms with Gasteiger partial charge in [-0.1, -0.05) is 18.2 Å². The number of hydrogen-bond acceptors (Lipinski definition) is 6. The quantitative estimate of drug-likeness (QED) is 0.690. The average molecular weight is 477 g/mol. The Kier molecular flexibility index (Phi) is 6.30. The fourth-order valence-electron chi connectivity index (χ4n) is 4.49. The predicted octanol–water partition coefficient (Wildman–Crippen LogP) is 3.18. The Hall–Kier alpha value is -2.92. The van der Waals surface area contributed by atoms with Crippen molar-refractivity contribution in [3.63, 3.8) is 0 Å². The lowest BCUT2D eigenvalue weighted by atomic mass is 10.0. The van der Waals surface area contributed by atoms with Crippen molar-refractivity contribution in [3.8, 4) is 0 Å². The van der Waals surface area contributed by atoms with Crippen LogP contribution in [0.3, 0.4) is 0 Å². The van der Waals surface area contributed by atoms with Gasteiger partial charge in [-0.2, -0.15) is 0 Å². The molecule has 2 N–H and O–H groups in total. The number of halogens is 3. The van der Waals surface area contributed by atoms with Gasteiger partial charge >= 0.3 is 6.03 Å². The molecule has 0 radical (unpaired) electrons. The SMILES string of the molecule is C[C@@H](Nc1nc(C2CNC2)nc2c1CN(C(=O)N1CCOCC1)C2)c1cccc(C(F)F)c1F. The van der Waals surface area contributed by atoms with Crippen molar-refractivity contribution in [1.82, 2.24) is 25.1 Å². The fraction of sp³-hybridized carbons (Fsp3) is 0.522. The van der Waals surface area contributed by atoms with Crippen LogP contribution in [0.2, 0.25) is 0 Å². The van der Waals surface area contributed by atoms with Gasteiger partial charge in [0.1, 0.15) is 17.5 Å². The first-order valence-electron chi connectivity index (χ1n) is 11.5. The highest BCUT2D eigenvalue weighted by Crippen LogP contribution is 2.34. The molecular formula is C23H27F3N6O2. The summed E-state index contributed by atoms with van der Waals surface area (Å²) < 4.78 is 46.5. The van der Waals surface area contributed by atoms with Gasteiger partial charge in [0.15, 0.2) is 0 Å². The van der Waals surface area contributed by atoms with E-state index >= 15 is 0 Å². The van der Waals surface area contributed by atoms with Gasteiger partial charge in [-0.3, -0.25) is 0 Å². The van der Waals surface area contributed by atoms with Crippen LogP contribution >= 0.6 is 0 Å². The van der Waals surface area contributed by atoms with E-state index in [2.05, 4.69) is 10.6 Å².